The summed E-state index contributed by atoms with van der Waals surface area (Å²) >= 11 is 0. The number of para-hydroxylation sites is 1. The molecule has 1 fully saturated rings. The third-order valence-electron chi connectivity index (χ3n) is 9.01. The number of carbonyl (C=O) groups excluding carboxylic acids is 5. The van der Waals surface area contributed by atoms with E-state index in [1.807, 2.05) is 56.3 Å². The van der Waals surface area contributed by atoms with E-state index < -0.39 is 71.6 Å². The Labute approximate surface area is 303 Å². The van der Waals surface area contributed by atoms with E-state index in [2.05, 4.69) is 31.6 Å². The second-order valence-electron chi connectivity index (χ2n) is 14.0. The van der Waals surface area contributed by atoms with Crippen molar-refractivity contribution in [3.63, 3.8) is 0 Å². The van der Waals surface area contributed by atoms with Gasteiger partial charge in [0.2, 0.25) is 35.5 Å². The fourth-order valence-corrected chi connectivity index (χ4v) is 6.19. The lowest BCUT2D eigenvalue weighted by Crippen LogP contribution is -2.59. The molecule has 3 aromatic rings. The number of nitrogens with one attached hydrogen (secondary N) is 7. The van der Waals surface area contributed by atoms with Crippen molar-refractivity contribution >= 4 is 46.4 Å². The number of carbonyl (C=O) groups is 5. The van der Waals surface area contributed by atoms with E-state index in [1.54, 1.807) is 32.2 Å². The number of H-pyrrole nitrogens is 1. The molecule has 0 bridgehead atoms. The Kier molecular flexibility index (Phi) is 13.7. The number of nitrogens with zero attached hydrogens (tertiary/aromatic N) is 1. The molecule has 5 amide bonds. The monoisotopic (exact) mass is 717 g/mol. The lowest BCUT2D eigenvalue weighted by atomic mass is 9.98. The molecule has 0 spiro atoms. The largest absolute Gasteiger partial charge is 0.368 e. The fourth-order valence-electron chi connectivity index (χ4n) is 6.19. The van der Waals surface area contributed by atoms with Gasteiger partial charge in [0, 0.05) is 36.5 Å². The van der Waals surface area contributed by atoms with E-state index in [0.717, 1.165) is 22.0 Å². The van der Waals surface area contributed by atoms with E-state index in [0.29, 0.717) is 5.06 Å². The third kappa shape index (κ3) is 10.8. The molecule has 5 unspecified atom stereocenters. The van der Waals surface area contributed by atoms with Gasteiger partial charge >= 0.3 is 0 Å². The van der Waals surface area contributed by atoms with Crippen LogP contribution in [0.3, 0.4) is 0 Å². The third-order valence-corrected chi connectivity index (χ3v) is 9.01. The van der Waals surface area contributed by atoms with Gasteiger partial charge in [-0.15, -0.1) is 0 Å². The number of fused-ring (bicyclic) bond motifs is 1. The lowest BCUT2D eigenvalue weighted by molar-refractivity contribution is -0.135. The lowest BCUT2D eigenvalue weighted by Gasteiger charge is -2.28. The van der Waals surface area contributed by atoms with Crippen LogP contribution in [-0.2, 0) is 36.8 Å². The van der Waals surface area contributed by atoms with E-state index in [9.17, 15) is 29.2 Å². The van der Waals surface area contributed by atoms with Gasteiger partial charge in [-0.1, -0.05) is 76.2 Å². The molecule has 0 radical (unpaired) electrons. The molecule has 15 heteroatoms. The molecule has 2 heterocycles. The average Bonchev–Trinajstić information content (AvgIpc) is 3.51. The van der Waals surface area contributed by atoms with Crippen molar-refractivity contribution in [1.29, 1.82) is 5.41 Å². The van der Waals surface area contributed by atoms with Gasteiger partial charge in [0.25, 0.3) is 0 Å². The van der Waals surface area contributed by atoms with Gasteiger partial charge in [0.1, 0.15) is 30.2 Å². The maximum atomic E-state index is 14.2. The zero-order valence-electron chi connectivity index (χ0n) is 30.1. The van der Waals surface area contributed by atoms with Gasteiger partial charge in [-0.3, -0.25) is 34.6 Å². The average molecular weight is 718 g/mol. The van der Waals surface area contributed by atoms with Gasteiger partial charge in [-0.2, -0.15) is 0 Å². The molecule has 4 rings (SSSR count). The van der Waals surface area contributed by atoms with E-state index in [-0.39, 0.29) is 44.6 Å². The Morgan fingerprint density at radius 1 is 0.750 bits per heavy atom. The number of amides is 5. The number of nitrogens with two attached hydrogens (primary N) is 1. The van der Waals surface area contributed by atoms with Crippen LogP contribution in [0.2, 0.25) is 0 Å². The van der Waals surface area contributed by atoms with Crippen LogP contribution >= 0.6 is 0 Å². The van der Waals surface area contributed by atoms with Crippen LogP contribution in [0.15, 0.2) is 60.8 Å². The highest BCUT2D eigenvalue weighted by atomic mass is 16.5. The van der Waals surface area contributed by atoms with Crippen LogP contribution in [0.4, 0.5) is 0 Å². The van der Waals surface area contributed by atoms with E-state index in [1.165, 1.54) is 0 Å². The number of aromatic nitrogens is 1. The van der Waals surface area contributed by atoms with Crippen LogP contribution in [0.25, 0.3) is 10.9 Å². The number of hydrogen-bond donors (Lipinski definition) is 9. The molecule has 1 saturated heterocycles. The van der Waals surface area contributed by atoms with E-state index >= 15 is 0 Å². The SMILES string of the molecule is CC(C)CC1NC(=O)C(Cc2ccccc2)NC(=O)C(CCCN(O)C(=N)N)NC(=O)C(Cc2c[nH]c3ccccc23)NC(=O)C(C(C)C)NC1=O. The fraction of sp³-hybridized carbons (Fsp3) is 0.459. The summed E-state index contributed by atoms with van der Waals surface area (Å²) in [6.07, 6.45) is 2.26. The van der Waals surface area contributed by atoms with Gasteiger partial charge in [-0.05, 0) is 48.3 Å². The Morgan fingerprint density at radius 2 is 1.31 bits per heavy atom. The predicted molar refractivity (Wildman–Crippen MR) is 196 cm³/mol. The van der Waals surface area contributed by atoms with Crippen LogP contribution in [0.1, 0.15) is 58.1 Å². The first kappa shape index (κ1) is 39.3. The van der Waals surface area contributed by atoms with E-state index in [4.69, 9.17) is 11.1 Å². The molecular formula is C37H51N9O6. The standard InChI is InChI=1S/C37H51N9O6/c1-21(2)17-28-35(50)45-31(22(3)4)36(51)44-30(19-24-20-40-26-14-9-8-13-25(24)26)34(49)41-27(15-10-16-46(52)37(38)39)32(47)43-29(33(48)42-28)18-23-11-6-5-7-12-23/h5-9,11-14,20-22,27-31,40,52H,10,15-19H2,1-4H3,(H3,38,39)(H,41,49)(H,42,48)(H,43,47)(H,44,51)(H,45,50). The first-order valence-corrected chi connectivity index (χ1v) is 17.6. The Hall–Kier alpha value is -5.44. The zero-order valence-corrected chi connectivity index (χ0v) is 30.1. The quantitative estimate of drug-likeness (QED) is 0.0798. The molecular weight excluding hydrogens is 666 g/mol. The number of benzene rings is 2. The second-order valence-corrected chi connectivity index (χ2v) is 14.0. The summed E-state index contributed by atoms with van der Waals surface area (Å²) in [5.74, 6) is -4.13. The van der Waals surface area contributed by atoms with Crippen LogP contribution < -0.4 is 32.3 Å². The maximum absolute atomic E-state index is 14.2. The highest BCUT2D eigenvalue weighted by molar-refractivity contribution is 5.98. The van der Waals surface area contributed by atoms with Gasteiger partial charge in [-0.25, -0.2) is 5.06 Å². The van der Waals surface area contributed by atoms with Crippen molar-refractivity contribution < 1.29 is 29.2 Å². The van der Waals surface area contributed by atoms with Crippen molar-refractivity contribution in [1.82, 2.24) is 36.6 Å². The second kappa shape index (κ2) is 18.2. The van der Waals surface area contributed by atoms with Gasteiger partial charge < -0.3 is 37.3 Å². The van der Waals surface area contributed by atoms with Crippen molar-refractivity contribution in [3.05, 3.63) is 71.9 Å². The molecule has 5 atom stereocenters. The number of hydrogen-bond acceptors (Lipinski definition) is 7. The topological polar surface area (TPSA) is 235 Å². The number of guanidine groups is 1. The molecule has 280 valence electrons. The Balaban J connectivity index is 1.76. The number of aromatic amines is 1. The minimum atomic E-state index is -1.22. The molecule has 0 saturated carbocycles. The maximum Gasteiger partial charge on any atom is 0.243 e. The van der Waals surface area contributed by atoms with Crippen molar-refractivity contribution in [3.8, 4) is 0 Å². The number of rotatable bonds is 11. The molecule has 15 nitrogen and oxygen atoms in total. The van der Waals surface area contributed by atoms with Crippen molar-refractivity contribution in [2.24, 2.45) is 17.6 Å². The van der Waals surface area contributed by atoms with Crippen LogP contribution in [0, 0.1) is 17.2 Å². The smallest absolute Gasteiger partial charge is 0.243 e. The van der Waals surface area contributed by atoms with Crippen molar-refractivity contribution in [2.75, 3.05) is 6.54 Å². The molecule has 2 aromatic carbocycles. The predicted octanol–water partition coefficient (Wildman–Crippen LogP) is 1.46. The number of hydroxylamine groups is 2. The summed E-state index contributed by atoms with van der Waals surface area (Å²) in [6.45, 7) is 7.23. The molecule has 1 aliphatic heterocycles. The minimum Gasteiger partial charge on any atom is -0.368 e. The van der Waals surface area contributed by atoms with Crippen LogP contribution in [-0.4, -0.2) is 87.5 Å². The molecule has 52 heavy (non-hydrogen) atoms. The van der Waals surface area contributed by atoms with Crippen molar-refractivity contribution in [2.45, 2.75) is 90.0 Å². The summed E-state index contributed by atoms with van der Waals surface area (Å²) in [7, 11) is 0. The van der Waals surface area contributed by atoms with Gasteiger partial charge in [0.15, 0.2) is 0 Å². The van der Waals surface area contributed by atoms with Gasteiger partial charge in [0.05, 0.1) is 0 Å². The first-order chi connectivity index (χ1) is 24.7. The highest BCUT2D eigenvalue weighted by Crippen LogP contribution is 2.20. The minimum absolute atomic E-state index is 0.0139. The highest BCUT2D eigenvalue weighted by Gasteiger charge is 2.36. The summed E-state index contributed by atoms with van der Waals surface area (Å²) in [5, 5.41) is 32.9. The Bertz CT molecular complexity index is 1730. The first-order valence-electron chi connectivity index (χ1n) is 17.6. The summed E-state index contributed by atoms with van der Waals surface area (Å²) in [6, 6.07) is 10.9. The summed E-state index contributed by atoms with van der Waals surface area (Å²) in [5.41, 5.74) is 7.71. The summed E-state index contributed by atoms with van der Waals surface area (Å²) < 4.78 is 0. The zero-order chi connectivity index (χ0) is 37.9. The Morgan fingerprint density at radius 3 is 1.96 bits per heavy atom. The molecule has 10 N–H and O–H groups in total. The van der Waals surface area contributed by atoms with Crippen LogP contribution in [0.5, 0.6) is 0 Å². The summed E-state index contributed by atoms with van der Waals surface area (Å²) in [4.78, 5) is 73.1. The normalized spacial score (nSPS) is 22.1. The molecule has 0 aliphatic carbocycles. The molecule has 1 aliphatic rings. The molecule has 1 aromatic heterocycles.